The molecule has 1 aromatic heterocycles. The van der Waals surface area contributed by atoms with Gasteiger partial charge in [0.05, 0.1) is 6.61 Å². The van der Waals surface area contributed by atoms with Crippen molar-refractivity contribution in [1.29, 1.82) is 0 Å². The van der Waals surface area contributed by atoms with Gasteiger partial charge in [-0.25, -0.2) is 17.9 Å². The maximum atomic E-state index is 13.1. The number of ether oxygens (including phenoxy) is 1. The highest BCUT2D eigenvalue weighted by Crippen LogP contribution is 2.36. The van der Waals surface area contributed by atoms with E-state index in [1.165, 1.54) is 0 Å². The van der Waals surface area contributed by atoms with Crippen LogP contribution in [-0.4, -0.2) is 39.1 Å². The molecule has 0 radical (unpaired) electrons. The van der Waals surface area contributed by atoms with Crippen molar-refractivity contribution in [2.45, 2.75) is 69.9 Å². The van der Waals surface area contributed by atoms with Gasteiger partial charge in [0.25, 0.3) is 10.0 Å². The molecule has 2 rings (SSSR count). The van der Waals surface area contributed by atoms with Crippen LogP contribution in [-0.2, 0) is 32.5 Å². The number of amides is 1. The third-order valence-corrected chi connectivity index (χ3v) is 8.04. The molecule has 12 heteroatoms. The van der Waals surface area contributed by atoms with E-state index in [4.69, 9.17) is 4.74 Å². The van der Waals surface area contributed by atoms with E-state index in [0.29, 0.717) is 29.5 Å². The molecule has 1 heterocycles. The number of hydrogen-bond acceptors (Lipinski definition) is 7. The monoisotopic (exact) mass is 548 g/mol. The second-order valence-corrected chi connectivity index (χ2v) is 11.8. The summed E-state index contributed by atoms with van der Waals surface area (Å²) in [5.74, 6) is -0.819. The Hall–Kier alpha value is -2.44. The van der Waals surface area contributed by atoms with E-state index in [1.807, 2.05) is 25.5 Å². The molecule has 0 bridgehead atoms. The van der Waals surface area contributed by atoms with Crippen molar-refractivity contribution in [1.82, 2.24) is 10.0 Å². The summed E-state index contributed by atoms with van der Waals surface area (Å²) in [6.45, 7) is 6.55. The molecule has 1 aromatic carbocycles. The van der Waals surface area contributed by atoms with E-state index < -0.39 is 34.1 Å². The van der Waals surface area contributed by atoms with E-state index in [2.05, 4.69) is 5.32 Å². The van der Waals surface area contributed by atoms with Crippen LogP contribution in [0.2, 0.25) is 0 Å². The zero-order valence-electron chi connectivity index (χ0n) is 20.6. The van der Waals surface area contributed by atoms with Crippen LogP contribution >= 0.6 is 11.3 Å². The molecule has 0 aliphatic rings. The predicted octanol–water partition coefficient (Wildman–Crippen LogP) is 5.44. The van der Waals surface area contributed by atoms with Gasteiger partial charge in [0.2, 0.25) is 0 Å². The number of Topliss-reactive ketones (excluding diaryl/α,β-unsaturated/α-hetero) is 1. The first-order chi connectivity index (χ1) is 16.7. The van der Waals surface area contributed by atoms with Gasteiger partial charge < -0.3 is 4.74 Å². The molecule has 7 nitrogen and oxygen atoms in total. The Labute approximate surface area is 213 Å². The molecule has 0 aliphatic carbocycles. The number of unbranched alkanes of at least 4 members (excludes halogenated alkanes) is 1. The van der Waals surface area contributed by atoms with Gasteiger partial charge in [-0.2, -0.15) is 13.2 Å². The zero-order valence-corrected chi connectivity index (χ0v) is 22.2. The number of halogens is 3. The van der Waals surface area contributed by atoms with Gasteiger partial charge >= 0.3 is 12.3 Å². The summed E-state index contributed by atoms with van der Waals surface area (Å²) in [6, 6.07) is 5.76. The highest BCUT2D eigenvalue weighted by Gasteiger charge is 2.42. The van der Waals surface area contributed by atoms with Gasteiger partial charge in [-0.1, -0.05) is 45.4 Å². The lowest BCUT2D eigenvalue weighted by Crippen LogP contribution is -2.46. The maximum Gasteiger partial charge on any atom is 0.421 e. The minimum absolute atomic E-state index is 0.0853. The van der Waals surface area contributed by atoms with Crippen molar-refractivity contribution >= 4 is 33.2 Å². The number of benzene rings is 1. The topological polar surface area (TPSA) is 102 Å². The van der Waals surface area contributed by atoms with Crippen LogP contribution in [0.25, 0.3) is 11.1 Å². The van der Waals surface area contributed by atoms with E-state index >= 15 is 0 Å². The molecule has 0 saturated carbocycles. The number of rotatable bonds is 12. The van der Waals surface area contributed by atoms with Crippen molar-refractivity contribution in [2.24, 2.45) is 5.92 Å². The largest absolute Gasteiger partial charge is 0.449 e. The fourth-order valence-electron chi connectivity index (χ4n) is 3.38. The Bertz CT molecular complexity index is 1160. The minimum atomic E-state index is -4.73. The van der Waals surface area contributed by atoms with E-state index in [9.17, 15) is 31.2 Å². The standard InChI is InChI=1S/C24H31F3N2O5S2/c1-5-6-10-34-23(31)29-36(32,33)22-20(13-19(35-22)11-15(2)3)18-9-7-8-17(12-18)14-28-21(16(4)30)24(25,26)27/h7-9,12-13,15,21,28H,5-6,10-11,14H2,1-4H3,(H,29,31). The summed E-state index contributed by atoms with van der Waals surface area (Å²) in [5.41, 5.74) is 1.20. The van der Waals surface area contributed by atoms with Crippen molar-refractivity contribution in [2.75, 3.05) is 6.61 Å². The number of ketones is 1. The van der Waals surface area contributed by atoms with Gasteiger partial charge in [0.1, 0.15) is 4.21 Å². The maximum absolute atomic E-state index is 13.1. The number of alkyl halides is 3. The average Bonchev–Trinajstić information content (AvgIpc) is 3.17. The van der Waals surface area contributed by atoms with Crippen LogP contribution in [0.15, 0.2) is 34.5 Å². The zero-order chi connectivity index (χ0) is 27.1. The summed E-state index contributed by atoms with van der Waals surface area (Å²) in [5, 5.41) is 2.22. The Morgan fingerprint density at radius 1 is 1.17 bits per heavy atom. The number of carbonyl (C=O) groups is 2. The summed E-state index contributed by atoms with van der Waals surface area (Å²) >= 11 is 1.02. The van der Waals surface area contributed by atoms with Crippen LogP contribution in [0.1, 0.15) is 51.0 Å². The van der Waals surface area contributed by atoms with Crippen LogP contribution < -0.4 is 10.0 Å². The van der Waals surface area contributed by atoms with E-state index in [-0.39, 0.29) is 23.3 Å². The lowest BCUT2D eigenvalue weighted by Gasteiger charge is -2.19. The van der Waals surface area contributed by atoms with Crippen LogP contribution in [0, 0.1) is 5.92 Å². The normalized spacial score (nSPS) is 13.0. The summed E-state index contributed by atoms with van der Waals surface area (Å²) < 4.78 is 72.3. The Balaban J connectivity index is 2.38. The predicted molar refractivity (Wildman–Crippen MR) is 132 cm³/mol. The van der Waals surface area contributed by atoms with Crippen molar-refractivity contribution in [3.63, 3.8) is 0 Å². The molecular formula is C24H31F3N2O5S2. The Morgan fingerprint density at radius 3 is 2.44 bits per heavy atom. The number of hydrogen-bond donors (Lipinski definition) is 2. The van der Waals surface area contributed by atoms with Crippen LogP contribution in [0.3, 0.4) is 0 Å². The van der Waals surface area contributed by atoms with Crippen molar-refractivity contribution in [3.8, 4) is 11.1 Å². The number of thiophene rings is 1. The van der Waals surface area contributed by atoms with Gasteiger partial charge in [-0.3, -0.25) is 10.1 Å². The molecule has 2 aromatic rings. The Morgan fingerprint density at radius 2 is 1.86 bits per heavy atom. The lowest BCUT2D eigenvalue weighted by molar-refractivity contribution is -0.166. The molecule has 1 unspecified atom stereocenters. The second kappa shape index (κ2) is 12.7. The molecule has 1 amide bonds. The van der Waals surface area contributed by atoms with Gasteiger partial charge in [0, 0.05) is 17.0 Å². The first kappa shape index (κ1) is 29.8. The molecule has 0 fully saturated rings. The van der Waals surface area contributed by atoms with Crippen LogP contribution in [0.4, 0.5) is 18.0 Å². The summed E-state index contributed by atoms with van der Waals surface area (Å²) in [6.07, 6.45) is -3.85. The number of carbonyl (C=O) groups excluding carboxylic acids is 2. The highest BCUT2D eigenvalue weighted by molar-refractivity contribution is 7.92. The third-order valence-electron chi connectivity index (χ3n) is 5.03. The molecule has 0 spiro atoms. The minimum Gasteiger partial charge on any atom is -0.449 e. The first-order valence-corrected chi connectivity index (χ1v) is 13.8. The van der Waals surface area contributed by atoms with Crippen LogP contribution in [0.5, 0.6) is 0 Å². The molecule has 200 valence electrons. The summed E-state index contributed by atoms with van der Waals surface area (Å²) in [4.78, 5) is 24.2. The summed E-state index contributed by atoms with van der Waals surface area (Å²) in [7, 11) is -4.27. The lowest BCUT2D eigenvalue weighted by atomic mass is 10.0. The molecule has 1 atom stereocenters. The smallest absolute Gasteiger partial charge is 0.421 e. The van der Waals surface area contributed by atoms with E-state index in [0.717, 1.165) is 29.6 Å². The molecule has 0 aliphatic heterocycles. The second-order valence-electron chi connectivity index (χ2n) is 8.77. The average molecular weight is 549 g/mol. The SMILES string of the molecule is CCCCOC(=O)NS(=O)(=O)c1sc(CC(C)C)cc1-c1cccc(CNC(C(C)=O)C(F)(F)F)c1. The fourth-order valence-corrected chi connectivity index (χ4v) is 6.22. The van der Waals surface area contributed by atoms with Gasteiger partial charge in [-0.05, 0) is 48.9 Å². The first-order valence-electron chi connectivity index (χ1n) is 11.5. The van der Waals surface area contributed by atoms with Gasteiger partial charge in [0.15, 0.2) is 11.8 Å². The van der Waals surface area contributed by atoms with E-state index in [1.54, 1.807) is 30.3 Å². The highest BCUT2D eigenvalue weighted by atomic mass is 32.2. The molecular weight excluding hydrogens is 517 g/mol. The number of nitrogens with one attached hydrogen (secondary N) is 2. The number of sulfonamides is 1. The van der Waals surface area contributed by atoms with Gasteiger partial charge in [-0.15, -0.1) is 11.3 Å². The molecule has 36 heavy (non-hydrogen) atoms. The third kappa shape index (κ3) is 8.59. The quantitative estimate of drug-likeness (QED) is 0.343. The Kier molecular flexibility index (Phi) is 10.5. The van der Waals surface area contributed by atoms with Crippen molar-refractivity contribution in [3.05, 3.63) is 40.8 Å². The molecule has 0 saturated heterocycles. The van der Waals surface area contributed by atoms with Crippen molar-refractivity contribution < 1.29 is 35.9 Å². The molecule has 2 N–H and O–H groups in total. The fraction of sp³-hybridized carbons (Fsp3) is 0.500.